The molecule has 0 aromatic carbocycles. The van der Waals surface area contributed by atoms with Gasteiger partial charge in [0.2, 0.25) is 0 Å². The van der Waals surface area contributed by atoms with Crippen LogP contribution in [0, 0.1) is 0 Å². The number of nitrogens with two attached hydrogens (primary N) is 1. The van der Waals surface area contributed by atoms with Crippen molar-refractivity contribution >= 4 is 5.82 Å². The normalized spacial score (nSPS) is 10.4. The Morgan fingerprint density at radius 2 is 1.89 bits per heavy atom. The highest BCUT2D eigenvalue weighted by molar-refractivity contribution is 5.40. The van der Waals surface area contributed by atoms with Crippen LogP contribution >= 0.6 is 0 Å². The summed E-state index contributed by atoms with van der Waals surface area (Å²) in [5, 5.41) is 0. The van der Waals surface area contributed by atoms with Crippen molar-refractivity contribution in [2.45, 2.75) is 19.9 Å². The zero-order valence-electron chi connectivity index (χ0n) is 11.3. The first kappa shape index (κ1) is 13.5. The third kappa shape index (κ3) is 3.76. The minimum absolute atomic E-state index is 0.662. The van der Waals surface area contributed by atoms with Crippen LogP contribution in [-0.4, -0.2) is 23.1 Å². The topological polar surface area (TPSA) is 55.0 Å². The summed E-state index contributed by atoms with van der Waals surface area (Å²) in [6.45, 7) is 4.57. The highest BCUT2D eigenvalue weighted by Crippen LogP contribution is 2.14. The van der Waals surface area contributed by atoms with Crippen molar-refractivity contribution < 1.29 is 0 Å². The molecule has 2 heterocycles. The molecule has 0 spiro atoms. The SMILES string of the molecule is CCN(Cc1ccncc1)c1ccc(CCN)cn1. The second-order valence-corrected chi connectivity index (χ2v) is 4.43. The first-order valence-electron chi connectivity index (χ1n) is 6.62. The summed E-state index contributed by atoms with van der Waals surface area (Å²) in [6, 6.07) is 8.23. The molecule has 0 bridgehead atoms. The molecule has 19 heavy (non-hydrogen) atoms. The third-order valence-electron chi connectivity index (χ3n) is 3.07. The molecule has 0 amide bonds. The van der Waals surface area contributed by atoms with Gasteiger partial charge in [-0.3, -0.25) is 4.98 Å². The van der Waals surface area contributed by atoms with Crippen molar-refractivity contribution in [3.05, 3.63) is 54.0 Å². The first-order valence-corrected chi connectivity index (χ1v) is 6.62. The van der Waals surface area contributed by atoms with E-state index in [-0.39, 0.29) is 0 Å². The number of rotatable bonds is 6. The molecule has 0 saturated carbocycles. The van der Waals surface area contributed by atoms with Crippen molar-refractivity contribution in [1.82, 2.24) is 9.97 Å². The van der Waals surface area contributed by atoms with Gasteiger partial charge >= 0.3 is 0 Å². The first-order chi connectivity index (χ1) is 9.33. The maximum Gasteiger partial charge on any atom is 0.128 e. The van der Waals surface area contributed by atoms with Gasteiger partial charge in [-0.1, -0.05) is 6.07 Å². The average Bonchev–Trinajstić information content (AvgIpc) is 2.47. The van der Waals surface area contributed by atoms with Crippen LogP contribution in [-0.2, 0) is 13.0 Å². The summed E-state index contributed by atoms with van der Waals surface area (Å²) < 4.78 is 0. The number of anilines is 1. The lowest BCUT2D eigenvalue weighted by atomic mass is 10.2. The molecular weight excluding hydrogens is 236 g/mol. The summed E-state index contributed by atoms with van der Waals surface area (Å²) in [4.78, 5) is 10.8. The summed E-state index contributed by atoms with van der Waals surface area (Å²) in [7, 11) is 0. The fourth-order valence-corrected chi connectivity index (χ4v) is 1.98. The van der Waals surface area contributed by atoms with Crippen molar-refractivity contribution in [2.24, 2.45) is 5.73 Å². The molecule has 100 valence electrons. The standard InChI is InChI=1S/C15H20N4/c1-2-19(12-14-6-9-17-10-7-14)15-4-3-13(5-8-16)11-18-15/h3-4,6-7,9-11H,2,5,8,12,16H2,1H3. The highest BCUT2D eigenvalue weighted by atomic mass is 15.2. The van der Waals surface area contributed by atoms with Crippen LogP contribution in [0.15, 0.2) is 42.9 Å². The van der Waals surface area contributed by atoms with E-state index in [4.69, 9.17) is 5.73 Å². The second kappa shape index (κ2) is 6.85. The molecule has 0 aliphatic heterocycles. The van der Waals surface area contributed by atoms with Gasteiger partial charge in [0.1, 0.15) is 5.82 Å². The molecule has 4 nitrogen and oxygen atoms in total. The van der Waals surface area contributed by atoms with E-state index in [1.165, 1.54) is 11.1 Å². The molecule has 0 saturated heterocycles. The number of hydrogen-bond acceptors (Lipinski definition) is 4. The summed E-state index contributed by atoms with van der Waals surface area (Å²) >= 11 is 0. The van der Waals surface area contributed by atoms with Gasteiger partial charge in [-0.15, -0.1) is 0 Å². The Morgan fingerprint density at radius 1 is 1.11 bits per heavy atom. The number of pyridine rings is 2. The minimum atomic E-state index is 0.662. The van der Waals surface area contributed by atoms with Gasteiger partial charge in [0.25, 0.3) is 0 Å². The molecule has 2 rings (SSSR count). The maximum atomic E-state index is 5.54. The zero-order valence-corrected chi connectivity index (χ0v) is 11.3. The predicted molar refractivity (Wildman–Crippen MR) is 78.0 cm³/mol. The molecular formula is C15H20N4. The van der Waals surface area contributed by atoms with Crippen LogP contribution < -0.4 is 10.6 Å². The summed E-state index contributed by atoms with van der Waals surface area (Å²) in [6.07, 6.45) is 6.43. The molecule has 4 heteroatoms. The number of hydrogen-bond donors (Lipinski definition) is 1. The van der Waals surface area contributed by atoms with E-state index >= 15 is 0 Å². The minimum Gasteiger partial charge on any atom is -0.353 e. The molecule has 2 aromatic rings. The van der Waals surface area contributed by atoms with Crippen LogP contribution in [0.25, 0.3) is 0 Å². The average molecular weight is 256 g/mol. The molecule has 0 radical (unpaired) electrons. The Morgan fingerprint density at radius 3 is 2.47 bits per heavy atom. The maximum absolute atomic E-state index is 5.54. The van der Waals surface area contributed by atoms with Gasteiger partial charge < -0.3 is 10.6 Å². The Kier molecular flexibility index (Phi) is 4.86. The summed E-state index contributed by atoms with van der Waals surface area (Å²) in [5.41, 5.74) is 7.97. The van der Waals surface area contributed by atoms with Gasteiger partial charge in [0.05, 0.1) is 0 Å². The molecule has 2 aromatic heterocycles. The Bertz CT molecular complexity index is 481. The van der Waals surface area contributed by atoms with Crippen molar-refractivity contribution in [3.8, 4) is 0 Å². The van der Waals surface area contributed by atoms with Crippen LogP contribution in [0.5, 0.6) is 0 Å². The fourth-order valence-electron chi connectivity index (χ4n) is 1.98. The lowest BCUT2D eigenvalue weighted by Crippen LogP contribution is -2.23. The monoisotopic (exact) mass is 256 g/mol. The van der Waals surface area contributed by atoms with E-state index in [9.17, 15) is 0 Å². The highest BCUT2D eigenvalue weighted by Gasteiger charge is 2.06. The van der Waals surface area contributed by atoms with Gasteiger partial charge in [-0.05, 0) is 49.2 Å². The molecule has 0 aliphatic carbocycles. The van der Waals surface area contributed by atoms with E-state index in [1.807, 2.05) is 30.7 Å². The third-order valence-corrected chi connectivity index (χ3v) is 3.07. The molecule has 0 aliphatic rings. The Balaban J connectivity index is 2.08. The van der Waals surface area contributed by atoms with Gasteiger partial charge in [-0.2, -0.15) is 0 Å². The van der Waals surface area contributed by atoms with E-state index in [0.717, 1.165) is 25.3 Å². The quantitative estimate of drug-likeness (QED) is 0.859. The van der Waals surface area contributed by atoms with Crippen LogP contribution in [0.3, 0.4) is 0 Å². The Labute approximate surface area is 114 Å². The molecule has 0 fully saturated rings. The lowest BCUT2D eigenvalue weighted by molar-refractivity contribution is 0.810. The van der Waals surface area contributed by atoms with Crippen molar-refractivity contribution in [3.63, 3.8) is 0 Å². The molecule has 0 atom stereocenters. The van der Waals surface area contributed by atoms with E-state index in [0.29, 0.717) is 6.54 Å². The fraction of sp³-hybridized carbons (Fsp3) is 0.333. The van der Waals surface area contributed by atoms with E-state index in [2.05, 4.69) is 33.9 Å². The molecule has 0 unspecified atom stereocenters. The summed E-state index contributed by atoms with van der Waals surface area (Å²) in [5.74, 6) is 1.00. The van der Waals surface area contributed by atoms with E-state index in [1.54, 1.807) is 0 Å². The van der Waals surface area contributed by atoms with Crippen LogP contribution in [0.2, 0.25) is 0 Å². The lowest BCUT2D eigenvalue weighted by Gasteiger charge is -2.22. The smallest absolute Gasteiger partial charge is 0.128 e. The van der Waals surface area contributed by atoms with Crippen LogP contribution in [0.4, 0.5) is 5.82 Å². The van der Waals surface area contributed by atoms with Gasteiger partial charge in [0.15, 0.2) is 0 Å². The largest absolute Gasteiger partial charge is 0.353 e. The van der Waals surface area contributed by atoms with Crippen LogP contribution in [0.1, 0.15) is 18.1 Å². The molecule has 2 N–H and O–H groups in total. The number of nitrogens with zero attached hydrogens (tertiary/aromatic N) is 3. The van der Waals surface area contributed by atoms with E-state index < -0.39 is 0 Å². The van der Waals surface area contributed by atoms with Gasteiger partial charge in [-0.25, -0.2) is 4.98 Å². The zero-order chi connectivity index (χ0) is 13.5. The second-order valence-electron chi connectivity index (χ2n) is 4.43. The van der Waals surface area contributed by atoms with Gasteiger partial charge in [0, 0.05) is 31.7 Å². The number of aromatic nitrogens is 2. The van der Waals surface area contributed by atoms with Crippen molar-refractivity contribution in [2.75, 3.05) is 18.0 Å². The predicted octanol–water partition coefficient (Wildman–Crippen LogP) is 2.00. The Hall–Kier alpha value is -1.94. The van der Waals surface area contributed by atoms with Crippen molar-refractivity contribution in [1.29, 1.82) is 0 Å².